The molecular formula is C22H37N5S. The van der Waals surface area contributed by atoms with Crippen LogP contribution in [0.4, 0.5) is 0 Å². The molecule has 28 heavy (non-hydrogen) atoms. The van der Waals surface area contributed by atoms with Crippen molar-refractivity contribution < 1.29 is 0 Å². The van der Waals surface area contributed by atoms with Gasteiger partial charge in [0.15, 0.2) is 5.96 Å². The van der Waals surface area contributed by atoms with Crippen LogP contribution in [0.2, 0.25) is 0 Å². The SMILES string of the molecule is CCNC(=NCC1CCCN(C)C1c1cccs1)NC1CCN(C2CC2)CC1. The van der Waals surface area contributed by atoms with Crippen LogP contribution in [0.3, 0.4) is 0 Å². The number of piperidine rings is 2. The zero-order chi connectivity index (χ0) is 19.3. The van der Waals surface area contributed by atoms with Crippen LogP contribution in [0.25, 0.3) is 0 Å². The smallest absolute Gasteiger partial charge is 0.191 e. The van der Waals surface area contributed by atoms with E-state index in [1.165, 1.54) is 63.0 Å². The molecule has 2 aliphatic heterocycles. The van der Waals surface area contributed by atoms with E-state index in [4.69, 9.17) is 4.99 Å². The van der Waals surface area contributed by atoms with Crippen molar-refractivity contribution in [3.8, 4) is 0 Å². The molecule has 6 heteroatoms. The number of nitrogens with zero attached hydrogens (tertiary/aromatic N) is 3. The highest BCUT2D eigenvalue weighted by molar-refractivity contribution is 7.10. The van der Waals surface area contributed by atoms with Crippen molar-refractivity contribution in [1.29, 1.82) is 0 Å². The maximum absolute atomic E-state index is 5.05. The van der Waals surface area contributed by atoms with Crippen LogP contribution in [0, 0.1) is 5.92 Å². The Hall–Kier alpha value is -1.11. The first-order valence-corrected chi connectivity index (χ1v) is 12.1. The minimum atomic E-state index is 0.516. The topological polar surface area (TPSA) is 42.9 Å². The van der Waals surface area contributed by atoms with E-state index >= 15 is 0 Å². The fourth-order valence-corrected chi connectivity index (χ4v) is 5.91. The first-order valence-electron chi connectivity index (χ1n) is 11.3. The van der Waals surface area contributed by atoms with Gasteiger partial charge in [-0.05, 0) is 76.4 Å². The van der Waals surface area contributed by atoms with Crippen molar-refractivity contribution in [2.24, 2.45) is 10.9 Å². The van der Waals surface area contributed by atoms with E-state index in [9.17, 15) is 0 Å². The van der Waals surface area contributed by atoms with Crippen LogP contribution < -0.4 is 10.6 Å². The Bertz CT molecular complexity index is 619. The van der Waals surface area contributed by atoms with Crippen molar-refractivity contribution in [1.82, 2.24) is 20.4 Å². The molecule has 0 aromatic carbocycles. The van der Waals surface area contributed by atoms with Crippen LogP contribution in [0.5, 0.6) is 0 Å². The van der Waals surface area contributed by atoms with Gasteiger partial charge < -0.3 is 15.5 Å². The molecule has 0 bridgehead atoms. The van der Waals surface area contributed by atoms with Crippen LogP contribution in [0.15, 0.2) is 22.5 Å². The third-order valence-corrected chi connectivity index (χ3v) is 7.55. The van der Waals surface area contributed by atoms with Crippen LogP contribution in [-0.4, -0.2) is 67.6 Å². The molecule has 3 fully saturated rings. The normalized spacial score (nSPS) is 28.4. The Morgan fingerprint density at radius 3 is 2.68 bits per heavy atom. The molecule has 0 radical (unpaired) electrons. The molecule has 3 heterocycles. The van der Waals surface area contributed by atoms with Gasteiger partial charge in [-0.3, -0.25) is 9.89 Å². The van der Waals surface area contributed by atoms with Crippen molar-refractivity contribution >= 4 is 17.3 Å². The lowest BCUT2D eigenvalue weighted by Gasteiger charge is -2.38. The predicted octanol–water partition coefficient (Wildman–Crippen LogP) is 3.31. The number of rotatable bonds is 6. The molecule has 2 saturated heterocycles. The fraction of sp³-hybridized carbons (Fsp3) is 0.773. The molecule has 2 unspecified atom stereocenters. The fourth-order valence-electron chi connectivity index (χ4n) is 4.93. The largest absolute Gasteiger partial charge is 0.357 e. The summed E-state index contributed by atoms with van der Waals surface area (Å²) in [5.74, 6) is 1.62. The molecule has 2 N–H and O–H groups in total. The van der Waals surface area contributed by atoms with Crippen LogP contribution in [-0.2, 0) is 0 Å². The number of hydrogen-bond donors (Lipinski definition) is 2. The van der Waals surface area contributed by atoms with E-state index in [-0.39, 0.29) is 0 Å². The lowest BCUT2D eigenvalue weighted by atomic mass is 9.88. The Labute approximate surface area is 174 Å². The summed E-state index contributed by atoms with van der Waals surface area (Å²) in [5, 5.41) is 9.44. The van der Waals surface area contributed by atoms with Gasteiger partial charge in [0.2, 0.25) is 0 Å². The monoisotopic (exact) mass is 403 g/mol. The van der Waals surface area contributed by atoms with Gasteiger partial charge in [0, 0.05) is 49.2 Å². The van der Waals surface area contributed by atoms with E-state index in [2.05, 4.69) is 51.9 Å². The molecular weight excluding hydrogens is 366 g/mol. The number of guanidine groups is 1. The number of likely N-dealkylation sites (tertiary alicyclic amines) is 2. The lowest BCUT2D eigenvalue weighted by molar-refractivity contribution is 0.128. The third kappa shape index (κ3) is 5.08. The third-order valence-electron chi connectivity index (χ3n) is 6.60. The molecule has 1 saturated carbocycles. The second-order valence-corrected chi connectivity index (χ2v) is 9.73. The molecule has 0 spiro atoms. The van der Waals surface area contributed by atoms with Crippen molar-refractivity contribution in [2.75, 3.05) is 39.8 Å². The van der Waals surface area contributed by atoms with E-state index in [1.807, 2.05) is 11.3 Å². The molecule has 5 nitrogen and oxygen atoms in total. The van der Waals surface area contributed by atoms with Gasteiger partial charge in [0.1, 0.15) is 0 Å². The molecule has 0 amide bonds. The average molecular weight is 404 g/mol. The number of aliphatic imine (C=N–C) groups is 1. The standard InChI is InChI=1S/C22H37N5S/c1-3-23-22(25-18-10-13-27(14-11-18)19-8-9-19)24-16-17-6-4-12-26(2)21(17)20-7-5-15-28-20/h5,7,15,17-19,21H,3-4,6,8-14,16H2,1-2H3,(H2,23,24,25). The Morgan fingerprint density at radius 1 is 1.18 bits per heavy atom. The second-order valence-electron chi connectivity index (χ2n) is 8.75. The summed E-state index contributed by atoms with van der Waals surface area (Å²) >= 11 is 1.89. The quantitative estimate of drug-likeness (QED) is 0.565. The minimum absolute atomic E-state index is 0.516. The number of nitrogens with one attached hydrogen (secondary N) is 2. The van der Waals surface area contributed by atoms with Gasteiger partial charge in [-0.15, -0.1) is 11.3 Å². The van der Waals surface area contributed by atoms with E-state index in [0.29, 0.717) is 18.0 Å². The Morgan fingerprint density at radius 2 is 2.00 bits per heavy atom. The summed E-state index contributed by atoms with van der Waals surface area (Å²) in [7, 11) is 2.28. The van der Waals surface area contributed by atoms with Gasteiger partial charge >= 0.3 is 0 Å². The Kier molecular flexibility index (Phi) is 6.91. The predicted molar refractivity (Wildman–Crippen MR) is 119 cm³/mol. The van der Waals surface area contributed by atoms with Gasteiger partial charge in [-0.2, -0.15) is 0 Å². The minimum Gasteiger partial charge on any atom is -0.357 e. The van der Waals surface area contributed by atoms with E-state index < -0.39 is 0 Å². The Balaban J connectivity index is 1.35. The highest BCUT2D eigenvalue weighted by atomic mass is 32.1. The molecule has 1 aromatic rings. The molecule has 1 aliphatic carbocycles. The van der Waals surface area contributed by atoms with Crippen molar-refractivity contribution in [3.05, 3.63) is 22.4 Å². The van der Waals surface area contributed by atoms with Crippen LogP contribution >= 0.6 is 11.3 Å². The molecule has 1 aromatic heterocycles. The molecule has 156 valence electrons. The highest BCUT2D eigenvalue weighted by Crippen LogP contribution is 2.37. The van der Waals surface area contributed by atoms with Crippen LogP contribution in [0.1, 0.15) is 56.4 Å². The maximum Gasteiger partial charge on any atom is 0.191 e. The van der Waals surface area contributed by atoms with Gasteiger partial charge in [-0.25, -0.2) is 0 Å². The first kappa shape index (κ1) is 20.2. The summed E-state index contributed by atoms with van der Waals surface area (Å²) in [6.45, 7) is 7.68. The van der Waals surface area contributed by atoms with Gasteiger partial charge in [0.25, 0.3) is 0 Å². The highest BCUT2D eigenvalue weighted by Gasteiger charge is 2.33. The van der Waals surface area contributed by atoms with Crippen molar-refractivity contribution in [2.45, 2.75) is 63.6 Å². The van der Waals surface area contributed by atoms with E-state index in [0.717, 1.165) is 25.1 Å². The molecule has 4 rings (SSSR count). The average Bonchev–Trinajstić information content (AvgIpc) is 3.42. The van der Waals surface area contributed by atoms with E-state index in [1.54, 1.807) is 0 Å². The summed E-state index contributed by atoms with van der Waals surface area (Å²) in [6.07, 6.45) is 7.88. The molecule has 2 atom stereocenters. The summed E-state index contributed by atoms with van der Waals surface area (Å²) < 4.78 is 0. The summed E-state index contributed by atoms with van der Waals surface area (Å²) in [6, 6.07) is 6.46. The maximum atomic E-state index is 5.05. The zero-order valence-electron chi connectivity index (χ0n) is 17.6. The van der Waals surface area contributed by atoms with Gasteiger partial charge in [0.05, 0.1) is 0 Å². The van der Waals surface area contributed by atoms with Crippen molar-refractivity contribution in [3.63, 3.8) is 0 Å². The van der Waals surface area contributed by atoms with Gasteiger partial charge in [-0.1, -0.05) is 6.07 Å². The number of thiophene rings is 1. The number of hydrogen-bond acceptors (Lipinski definition) is 4. The zero-order valence-corrected chi connectivity index (χ0v) is 18.4. The first-order chi connectivity index (χ1) is 13.7. The molecule has 3 aliphatic rings. The lowest BCUT2D eigenvalue weighted by Crippen LogP contribution is -2.49. The summed E-state index contributed by atoms with van der Waals surface area (Å²) in [5.41, 5.74) is 0. The summed E-state index contributed by atoms with van der Waals surface area (Å²) in [4.78, 5) is 11.8. The second kappa shape index (κ2) is 9.59.